The minimum absolute atomic E-state index is 0.601. The van der Waals surface area contributed by atoms with E-state index in [0.29, 0.717) is 5.92 Å². The quantitative estimate of drug-likeness (QED) is 0.642. The van der Waals surface area contributed by atoms with Gasteiger partial charge in [-0.05, 0) is 59.3 Å². The minimum atomic E-state index is 0.601. The maximum Gasteiger partial charge on any atom is 0.0285 e. The Morgan fingerprint density at radius 1 is 1.25 bits per heavy atom. The van der Waals surface area contributed by atoms with E-state index < -0.39 is 0 Å². The molecule has 1 unspecified atom stereocenters. The highest BCUT2D eigenvalue weighted by Gasteiger charge is 2.11. The SMILES string of the molecule is CCCNCC(CCc1cc(Br)cs1)c1ccccc1. The highest BCUT2D eigenvalue weighted by molar-refractivity contribution is 9.10. The van der Waals surface area contributed by atoms with E-state index in [1.54, 1.807) is 0 Å². The summed E-state index contributed by atoms with van der Waals surface area (Å²) >= 11 is 5.38. The van der Waals surface area contributed by atoms with Crippen molar-refractivity contribution in [2.45, 2.75) is 32.1 Å². The molecular weight excluding hydrogens is 330 g/mol. The van der Waals surface area contributed by atoms with Crippen LogP contribution < -0.4 is 5.32 Å². The molecule has 0 saturated heterocycles. The zero-order valence-electron chi connectivity index (χ0n) is 11.9. The average molecular weight is 352 g/mol. The van der Waals surface area contributed by atoms with E-state index in [4.69, 9.17) is 0 Å². The van der Waals surface area contributed by atoms with E-state index in [1.807, 2.05) is 11.3 Å². The second-order valence-electron chi connectivity index (χ2n) is 5.08. The van der Waals surface area contributed by atoms with Gasteiger partial charge in [0, 0.05) is 21.3 Å². The minimum Gasteiger partial charge on any atom is -0.316 e. The molecule has 0 aliphatic rings. The molecule has 1 aromatic carbocycles. The van der Waals surface area contributed by atoms with Crippen LogP contribution in [-0.2, 0) is 6.42 Å². The molecule has 0 spiro atoms. The highest BCUT2D eigenvalue weighted by Crippen LogP contribution is 2.25. The van der Waals surface area contributed by atoms with Crippen LogP contribution in [0.25, 0.3) is 0 Å². The van der Waals surface area contributed by atoms with Crippen LogP contribution in [0.1, 0.15) is 36.1 Å². The number of benzene rings is 1. The highest BCUT2D eigenvalue weighted by atomic mass is 79.9. The summed E-state index contributed by atoms with van der Waals surface area (Å²) < 4.78 is 1.21. The lowest BCUT2D eigenvalue weighted by Crippen LogP contribution is -2.22. The third-order valence-corrected chi connectivity index (χ3v) is 5.21. The molecule has 3 heteroatoms. The number of hydrogen-bond donors (Lipinski definition) is 1. The van der Waals surface area contributed by atoms with Gasteiger partial charge in [-0.3, -0.25) is 0 Å². The molecular formula is C17H22BrNS. The van der Waals surface area contributed by atoms with E-state index in [2.05, 4.69) is 69.9 Å². The Labute approximate surface area is 134 Å². The van der Waals surface area contributed by atoms with Crippen molar-refractivity contribution in [1.82, 2.24) is 5.32 Å². The van der Waals surface area contributed by atoms with Gasteiger partial charge in [-0.25, -0.2) is 0 Å². The van der Waals surface area contributed by atoms with Crippen LogP contribution >= 0.6 is 27.3 Å². The molecule has 1 heterocycles. The summed E-state index contributed by atoms with van der Waals surface area (Å²) in [4.78, 5) is 1.47. The van der Waals surface area contributed by atoms with E-state index in [1.165, 1.54) is 27.8 Å². The number of rotatable bonds is 8. The van der Waals surface area contributed by atoms with Crippen molar-refractivity contribution in [3.05, 3.63) is 56.7 Å². The van der Waals surface area contributed by atoms with Crippen LogP contribution in [0.5, 0.6) is 0 Å². The predicted molar refractivity (Wildman–Crippen MR) is 92.7 cm³/mol. The van der Waals surface area contributed by atoms with E-state index in [0.717, 1.165) is 19.5 Å². The fourth-order valence-electron chi connectivity index (χ4n) is 2.37. The van der Waals surface area contributed by atoms with Gasteiger partial charge in [-0.15, -0.1) is 11.3 Å². The summed E-state index contributed by atoms with van der Waals surface area (Å²) in [6.45, 7) is 4.39. The van der Waals surface area contributed by atoms with Gasteiger partial charge in [0.15, 0.2) is 0 Å². The normalized spacial score (nSPS) is 12.5. The lowest BCUT2D eigenvalue weighted by Gasteiger charge is -2.17. The molecule has 2 rings (SSSR count). The number of halogens is 1. The maximum atomic E-state index is 3.57. The zero-order chi connectivity index (χ0) is 14.2. The molecule has 0 fully saturated rings. The van der Waals surface area contributed by atoms with Crippen LogP contribution in [-0.4, -0.2) is 13.1 Å². The summed E-state index contributed by atoms with van der Waals surface area (Å²) in [5.74, 6) is 0.601. The summed E-state index contributed by atoms with van der Waals surface area (Å²) in [5.41, 5.74) is 1.45. The van der Waals surface area contributed by atoms with E-state index in [-0.39, 0.29) is 0 Å². The first-order chi connectivity index (χ1) is 9.79. The molecule has 1 atom stereocenters. The van der Waals surface area contributed by atoms with Crippen molar-refractivity contribution >= 4 is 27.3 Å². The van der Waals surface area contributed by atoms with Gasteiger partial charge in [0.1, 0.15) is 0 Å². The standard InChI is InChI=1S/C17H22BrNS/c1-2-10-19-12-15(14-6-4-3-5-7-14)8-9-17-11-16(18)13-20-17/h3-7,11,13,15,19H,2,8-10,12H2,1H3. The van der Waals surface area contributed by atoms with Gasteiger partial charge in [0.05, 0.1) is 0 Å². The molecule has 0 aliphatic carbocycles. The van der Waals surface area contributed by atoms with Gasteiger partial charge in [-0.1, -0.05) is 37.3 Å². The second kappa shape index (κ2) is 8.60. The molecule has 2 aromatic rings. The van der Waals surface area contributed by atoms with Crippen LogP contribution in [0, 0.1) is 0 Å². The Balaban J connectivity index is 1.95. The summed E-state index contributed by atoms with van der Waals surface area (Å²) in [6.07, 6.45) is 3.55. The average Bonchev–Trinajstić information content (AvgIpc) is 2.89. The molecule has 0 saturated carbocycles. The third kappa shape index (κ3) is 5.04. The van der Waals surface area contributed by atoms with Crippen LogP contribution in [0.15, 0.2) is 46.3 Å². The van der Waals surface area contributed by atoms with Crippen LogP contribution in [0.2, 0.25) is 0 Å². The summed E-state index contributed by atoms with van der Waals surface area (Å²) in [7, 11) is 0. The molecule has 1 aromatic heterocycles. The Hall–Kier alpha value is -0.640. The monoisotopic (exact) mass is 351 g/mol. The maximum absolute atomic E-state index is 3.57. The number of aryl methyl sites for hydroxylation is 1. The fourth-order valence-corrected chi connectivity index (χ4v) is 3.84. The van der Waals surface area contributed by atoms with E-state index in [9.17, 15) is 0 Å². The molecule has 1 N–H and O–H groups in total. The number of thiophene rings is 1. The molecule has 1 nitrogen and oxygen atoms in total. The first kappa shape index (κ1) is 15.7. The molecule has 0 aliphatic heterocycles. The molecule has 108 valence electrons. The molecule has 0 bridgehead atoms. The lowest BCUT2D eigenvalue weighted by molar-refractivity contribution is 0.550. The Morgan fingerprint density at radius 2 is 2.05 bits per heavy atom. The number of nitrogens with one attached hydrogen (secondary N) is 1. The van der Waals surface area contributed by atoms with Crippen molar-refractivity contribution in [3.63, 3.8) is 0 Å². The van der Waals surface area contributed by atoms with Crippen LogP contribution in [0.4, 0.5) is 0 Å². The van der Waals surface area contributed by atoms with E-state index >= 15 is 0 Å². The Morgan fingerprint density at radius 3 is 2.70 bits per heavy atom. The van der Waals surface area contributed by atoms with Crippen molar-refractivity contribution in [3.8, 4) is 0 Å². The van der Waals surface area contributed by atoms with Gasteiger partial charge >= 0.3 is 0 Å². The largest absolute Gasteiger partial charge is 0.316 e. The first-order valence-electron chi connectivity index (χ1n) is 7.28. The van der Waals surface area contributed by atoms with Gasteiger partial charge in [0.25, 0.3) is 0 Å². The third-order valence-electron chi connectivity index (χ3n) is 3.45. The smallest absolute Gasteiger partial charge is 0.0285 e. The van der Waals surface area contributed by atoms with Crippen molar-refractivity contribution in [2.24, 2.45) is 0 Å². The van der Waals surface area contributed by atoms with Crippen molar-refractivity contribution in [2.75, 3.05) is 13.1 Å². The van der Waals surface area contributed by atoms with Gasteiger partial charge < -0.3 is 5.32 Å². The van der Waals surface area contributed by atoms with Crippen molar-refractivity contribution < 1.29 is 0 Å². The van der Waals surface area contributed by atoms with Crippen LogP contribution in [0.3, 0.4) is 0 Å². The lowest BCUT2D eigenvalue weighted by atomic mass is 9.94. The molecule has 0 radical (unpaired) electrons. The topological polar surface area (TPSA) is 12.0 Å². The van der Waals surface area contributed by atoms with Crippen molar-refractivity contribution in [1.29, 1.82) is 0 Å². The fraction of sp³-hybridized carbons (Fsp3) is 0.412. The van der Waals surface area contributed by atoms with Gasteiger partial charge in [-0.2, -0.15) is 0 Å². The molecule has 20 heavy (non-hydrogen) atoms. The Bertz CT molecular complexity index is 495. The second-order valence-corrected chi connectivity index (χ2v) is 6.99. The molecule has 0 amide bonds. The Kier molecular flexibility index (Phi) is 6.77. The summed E-state index contributed by atoms with van der Waals surface area (Å²) in [5, 5.41) is 5.74. The predicted octanol–water partition coefficient (Wildman–Crippen LogP) is 5.23. The van der Waals surface area contributed by atoms with Gasteiger partial charge in [0.2, 0.25) is 0 Å². The summed E-state index contributed by atoms with van der Waals surface area (Å²) in [6, 6.07) is 13.1. The number of hydrogen-bond acceptors (Lipinski definition) is 2. The zero-order valence-corrected chi connectivity index (χ0v) is 14.3. The first-order valence-corrected chi connectivity index (χ1v) is 8.95.